The molecule has 0 saturated heterocycles. The molecule has 0 spiro atoms. The minimum Gasteiger partial charge on any atom is -0.480 e. The summed E-state index contributed by atoms with van der Waals surface area (Å²) in [4.78, 5) is 23.9. The molecule has 19 heavy (non-hydrogen) atoms. The number of halogens is 2. The summed E-state index contributed by atoms with van der Waals surface area (Å²) in [6.45, 7) is 1.47. The number of carbonyl (C=O) groups excluding carboxylic acids is 1. The van der Waals surface area contributed by atoms with Gasteiger partial charge in [-0.25, -0.2) is 0 Å². The second-order valence-electron chi connectivity index (χ2n) is 4.11. The van der Waals surface area contributed by atoms with E-state index < -0.39 is 12.0 Å². The number of nitrogens with one attached hydrogen (secondary N) is 1. The minimum atomic E-state index is -0.982. The van der Waals surface area contributed by atoms with E-state index in [1.165, 1.54) is 17.9 Å². The summed E-state index contributed by atoms with van der Waals surface area (Å²) in [5, 5.41) is 12.2. The molecule has 0 heterocycles. The highest BCUT2D eigenvalue weighted by atomic mass is 35.5. The maximum atomic E-state index is 11.7. The lowest BCUT2D eigenvalue weighted by molar-refractivity contribution is -0.142. The fraction of sp³-hybridized carbons (Fsp3) is 0.333. The van der Waals surface area contributed by atoms with Crippen LogP contribution in [0.15, 0.2) is 18.2 Å². The Hall–Kier alpha value is -1.30. The third-order valence-electron chi connectivity index (χ3n) is 2.61. The zero-order chi connectivity index (χ0) is 14.6. The Morgan fingerprint density at radius 2 is 2.00 bits per heavy atom. The Morgan fingerprint density at radius 1 is 1.37 bits per heavy atom. The number of anilines is 1. The van der Waals surface area contributed by atoms with Crippen molar-refractivity contribution in [2.75, 3.05) is 18.9 Å². The first kappa shape index (κ1) is 15.8. The highest BCUT2D eigenvalue weighted by Crippen LogP contribution is 2.24. The van der Waals surface area contributed by atoms with E-state index in [0.717, 1.165) is 0 Å². The van der Waals surface area contributed by atoms with Gasteiger partial charge in [0.05, 0.1) is 16.6 Å². The van der Waals surface area contributed by atoms with Gasteiger partial charge in [-0.2, -0.15) is 0 Å². The molecule has 7 heteroatoms. The molecule has 1 aromatic carbocycles. The molecule has 0 bridgehead atoms. The van der Waals surface area contributed by atoms with Gasteiger partial charge in [-0.1, -0.05) is 23.2 Å². The molecule has 1 atom stereocenters. The van der Waals surface area contributed by atoms with Crippen molar-refractivity contribution in [3.8, 4) is 0 Å². The van der Waals surface area contributed by atoms with Gasteiger partial charge in [-0.15, -0.1) is 0 Å². The van der Waals surface area contributed by atoms with Crippen LogP contribution in [0.2, 0.25) is 10.0 Å². The molecule has 1 aromatic rings. The van der Waals surface area contributed by atoms with Crippen molar-refractivity contribution in [3.05, 3.63) is 28.2 Å². The smallest absolute Gasteiger partial charge is 0.320 e. The maximum Gasteiger partial charge on any atom is 0.320 e. The average Bonchev–Trinajstić information content (AvgIpc) is 2.32. The Bertz CT molecular complexity index is 494. The quantitative estimate of drug-likeness (QED) is 0.876. The fourth-order valence-corrected chi connectivity index (χ4v) is 1.62. The largest absolute Gasteiger partial charge is 0.480 e. The van der Waals surface area contributed by atoms with E-state index in [0.29, 0.717) is 15.7 Å². The van der Waals surface area contributed by atoms with E-state index in [9.17, 15) is 9.59 Å². The summed E-state index contributed by atoms with van der Waals surface area (Å²) < 4.78 is 0. The number of nitrogens with zero attached hydrogens (tertiary/aromatic N) is 1. The lowest BCUT2D eigenvalue weighted by atomic mass is 10.3. The van der Waals surface area contributed by atoms with Gasteiger partial charge < -0.3 is 10.4 Å². The van der Waals surface area contributed by atoms with Crippen LogP contribution in [0.5, 0.6) is 0 Å². The fourth-order valence-electron chi connectivity index (χ4n) is 1.33. The highest BCUT2D eigenvalue weighted by molar-refractivity contribution is 6.42. The van der Waals surface area contributed by atoms with Crippen molar-refractivity contribution in [2.24, 2.45) is 0 Å². The Labute approximate surface area is 121 Å². The van der Waals surface area contributed by atoms with E-state index in [4.69, 9.17) is 28.3 Å². The SMILES string of the molecule is CC(C(=O)O)N(C)CC(=O)Nc1ccc(Cl)c(Cl)c1. The van der Waals surface area contributed by atoms with Crippen LogP contribution in [0.3, 0.4) is 0 Å². The predicted molar refractivity (Wildman–Crippen MR) is 74.8 cm³/mol. The molecule has 104 valence electrons. The molecule has 5 nitrogen and oxygen atoms in total. The van der Waals surface area contributed by atoms with Gasteiger partial charge >= 0.3 is 5.97 Å². The topological polar surface area (TPSA) is 69.6 Å². The standard InChI is InChI=1S/C12H14Cl2N2O3/c1-7(12(18)19)16(2)6-11(17)15-8-3-4-9(13)10(14)5-8/h3-5,7H,6H2,1-2H3,(H,15,17)(H,18,19). The number of benzene rings is 1. The molecule has 0 saturated carbocycles. The Balaban J connectivity index is 2.60. The van der Waals surface area contributed by atoms with Gasteiger partial charge in [0.15, 0.2) is 0 Å². The summed E-state index contributed by atoms with van der Waals surface area (Å²) >= 11 is 11.6. The molecule has 0 aliphatic carbocycles. The zero-order valence-electron chi connectivity index (χ0n) is 10.5. The van der Waals surface area contributed by atoms with E-state index >= 15 is 0 Å². The number of rotatable bonds is 5. The third kappa shape index (κ3) is 4.70. The highest BCUT2D eigenvalue weighted by Gasteiger charge is 2.19. The Morgan fingerprint density at radius 3 is 2.53 bits per heavy atom. The molecule has 0 aliphatic heterocycles. The molecule has 0 aromatic heterocycles. The molecule has 1 amide bonds. The average molecular weight is 305 g/mol. The second kappa shape index (κ2) is 6.75. The zero-order valence-corrected chi connectivity index (χ0v) is 12.0. The molecule has 0 radical (unpaired) electrons. The molecule has 2 N–H and O–H groups in total. The Kier molecular flexibility index (Phi) is 5.60. The van der Waals surface area contributed by atoms with Crippen LogP contribution in [-0.2, 0) is 9.59 Å². The van der Waals surface area contributed by atoms with Crippen molar-refractivity contribution < 1.29 is 14.7 Å². The van der Waals surface area contributed by atoms with E-state index in [2.05, 4.69) is 5.32 Å². The molecule has 1 rings (SSSR count). The summed E-state index contributed by atoms with van der Waals surface area (Å²) in [7, 11) is 1.56. The molecular weight excluding hydrogens is 291 g/mol. The number of likely N-dealkylation sites (N-methyl/N-ethyl adjacent to an activating group) is 1. The predicted octanol–water partition coefficient (Wildman–Crippen LogP) is 2.34. The van der Waals surface area contributed by atoms with Crippen LogP contribution in [0.4, 0.5) is 5.69 Å². The van der Waals surface area contributed by atoms with Crippen molar-refractivity contribution >= 4 is 40.8 Å². The number of carbonyl (C=O) groups is 2. The maximum absolute atomic E-state index is 11.7. The van der Waals surface area contributed by atoms with Crippen molar-refractivity contribution in [2.45, 2.75) is 13.0 Å². The second-order valence-corrected chi connectivity index (χ2v) is 4.92. The third-order valence-corrected chi connectivity index (χ3v) is 3.35. The monoisotopic (exact) mass is 304 g/mol. The number of aliphatic carboxylic acids is 1. The van der Waals surface area contributed by atoms with Gasteiger partial charge in [0.2, 0.25) is 5.91 Å². The number of hydrogen-bond donors (Lipinski definition) is 2. The number of amides is 1. The molecular formula is C12H14Cl2N2O3. The van der Waals surface area contributed by atoms with Gasteiger partial charge in [0, 0.05) is 5.69 Å². The first-order valence-electron chi connectivity index (χ1n) is 5.49. The van der Waals surface area contributed by atoms with Gasteiger partial charge in [-0.3, -0.25) is 14.5 Å². The van der Waals surface area contributed by atoms with Crippen LogP contribution in [-0.4, -0.2) is 41.5 Å². The molecule has 0 fully saturated rings. The van der Waals surface area contributed by atoms with Gasteiger partial charge in [0.1, 0.15) is 6.04 Å². The first-order valence-corrected chi connectivity index (χ1v) is 6.25. The van der Waals surface area contributed by atoms with Crippen LogP contribution in [0.25, 0.3) is 0 Å². The van der Waals surface area contributed by atoms with E-state index in [-0.39, 0.29) is 12.5 Å². The molecule has 1 unspecified atom stereocenters. The van der Waals surface area contributed by atoms with Crippen molar-refractivity contribution in [1.82, 2.24) is 4.90 Å². The van der Waals surface area contributed by atoms with E-state index in [1.807, 2.05) is 0 Å². The lowest BCUT2D eigenvalue weighted by Crippen LogP contribution is -2.40. The summed E-state index contributed by atoms with van der Waals surface area (Å²) in [6.07, 6.45) is 0. The number of carboxylic acid groups (broad SMARTS) is 1. The summed E-state index contributed by atoms with van der Waals surface area (Å²) in [5.74, 6) is -1.31. The first-order chi connectivity index (χ1) is 8.81. The number of hydrogen-bond acceptors (Lipinski definition) is 3. The number of carboxylic acids is 1. The molecule has 0 aliphatic rings. The lowest BCUT2D eigenvalue weighted by Gasteiger charge is -2.20. The van der Waals surface area contributed by atoms with Crippen molar-refractivity contribution in [3.63, 3.8) is 0 Å². The van der Waals surface area contributed by atoms with E-state index in [1.54, 1.807) is 19.2 Å². The van der Waals surface area contributed by atoms with Crippen LogP contribution in [0.1, 0.15) is 6.92 Å². The normalized spacial score (nSPS) is 12.3. The summed E-state index contributed by atoms with van der Waals surface area (Å²) in [5.41, 5.74) is 0.510. The van der Waals surface area contributed by atoms with Crippen LogP contribution in [0, 0.1) is 0 Å². The van der Waals surface area contributed by atoms with Crippen LogP contribution < -0.4 is 5.32 Å². The summed E-state index contributed by atoms with van der Waals surface area (Å²) in [6, 6.07) is 3.98. The van der Waals surface area contributed by atoms with Crippen LogP contribution >= 0.6 is 23.2 Å². The van der Waals surface area contributed by atoms with Gasteiger partial charge in [-0.05, 0) is 32.2 Å². The van der Waals surface area contributed by atoms with Gasteiger partial charge in [0.25, 0.3) is 0 Å². The minimum absolute atomic E-state index is 0.0340. The van der Waals surface area contributed by atoms with Crippen molar-refractivity contribution in [1.29, 1.82) is 0 Å².